The second-order valence-corrected chi connectivity index (χ2v) is 4.88. The number of hydrogen-bond acceptors (Lipinski definition) is 5. The highest BCUT2D eigenvalue weighted by atomic mass is 16.4. The molecular formula is C17H14N4O2. The number of aromatic nitrogens is 2. The van der Waals surface area contributed by atoms with Gasteiger partial charge in [0.05, 0.1) is 5.52 Å². The van der Waals surface area contributed by atoms with Crippen LogP contribution in [0, 0.1) is 0 Å². The van der Waals surface area contributed by atoms with Gasteiger partial charge in [0.2, 0.25) is 0 Å². The highest BCUT2D eigenvalue weighted by Crippen LogP contribution is 2.18. The molecule has 0 aliphatic heterocycles. The Kier molecular flexibility index (Phi) is 4.24. The molecule has 3 rings (SSSR count). The Morgan fingerprint density at radius 3 is 2.57 bits per heavy atom. The van der Waals surface area contributed by atoms with Crippen molar-refractivity contribution in [3.05, 3.63) is 66.5 Å². The van der Waals surface area contributed by atoms with E-state index in [9.17, 15) is 9.90 Å². The van der Waals surface area contributed by atoms with E-state index in [-0.39, 0.29) is 12.1 Å². The van der Waals surface area contributed by atoms with Gasteiger partial charge >= 0.3 is 5.97 Å². The van der Waals surface area contributed by atoms with E-state index in [1.54, 1.807) is 0 Å². The van der Waals surface area contributed by atoms with Gasteiger partial charge in [-0.15, -0.1) is 0 Å². The maximum atomic E-state index is 11.4. The van der Waals surface area contributed by atoms with Gasteiger partial charge in [-0.1, -0.05) is 42.5 Å². The summed E-state index contributed by atoms with van der Waals surface area (Å²) >= 11 is 0. The number of carbonyl (C=O) groups is 1. The van der Waals surface area contributed by atoms with Crippen molar-refractivity contribution in [1.82, 2.24) is 9.97 Å². The van der Waals surface area contributed by atoms with Crippen LogP contribution in [0.25, 0.3) is 10.9 Å². The van der Waals surface area contributed by atoms with Crippen molar-refractivity contribution in [2.24, 2.45) is 5.10 Å². The monoisotopic (exact) mass is 306 g/mol. The van der Waals surface area contributed by atoms with Crippen LogP contribution in [0.3, 0.4) is 0 Å². The van der Waals surface area contributed by atoms with E-state index in [2.05, 4.69) is 20.5 Å². The van der Waals surface area contributed by atoms with E-state index in [1.807, 2.05) is 54.6 Å². The van der Waals surface area contributed by atoms with E-state index in [0.29, 0.717) is 5.82 Å². The second-order valence-electron chi connectivity index (χ2n) is 4.88. The van der Waals surface area contributed by atoms with Gasteiger partial charge < -0.3 is 5.11 Å². The number of rotatable bonds is 5. The Bertz CT molecular complexity index is 857. The van der Waals surface area contributed by atoms with Crippen LogP contribution in [0.4, 0.5) is 5.82 Å². The Labute approximate surface area is 132 Å². The number of aliphatic carboxylic acids is 1. The lowest BCUT2D eigenvalue weighted by Gasteiger charge is -2.06. The zero-order chi connectivity index (χ0) is 16.1. The van der Waals surface area contributed by atoms with Gasteiger partial charge in [-0.2, -0.15) is 5.10 Å². The van der Waals surface area contributed by atoms with E-state index < -0.39 is 5.97 Å². The predicted octanol–water partition coefficient (Wildman–Crippen LogP) is 2.73. The van der Waals surface area contributed by atoms with Gasteiger partial charge in [0.25, 0.3) is 0 Å². The van der Waals surface area contributed by atoms with Crippen molar-refractivity contribution < 1.29 is 9.90 Å². The lowest BCUT2D eigenvalue weighted by atomic mass is 10.1. The minimum Gasteiger partial charge on any atom is -0.477 e. The first-order chi connectivity index (χ1) is 11.2. The Balaban J connectivity index is 1.87. The van der Waals surface area contributed by atoms with Gasteiger partial charge in [0.15, 0.2) is 5.82 Å². The number of nitrogens with one attached hydrogen (secondary N) is 1. The normalized spacial score (nSPS) is 11.4. The van der Waals surface area contributed by atoms with Crippen molar-refractivity contribution in [3.63, 3.8) is 0 Å². The van der Waals surface area contributed by atoms with Crippen molar-refractivity contribution in [3.8, 4) is 0 Å². The van der Waals surface area contributed by atoms with E-state index >= 15 is 0 Å². The van der Waals surface area contributed by atoms with Crippen molar-refractivity contribution in [2.75, 3.05) is 5.43 Å². The van der Waals surface area contributed by atoms with Gasteiger partial charge in [-0.3, -0.25) is 5.43 Å². The highest BCUT2D eigenvalue weighted by Gasteiger charge is 2.11. The molecule has 0 aliphatic carbocycles. The number of hydrogen-bond donors (Lipinski definition) is 2. The van der Waals surface area contributed by atoms with Crippen LogP contribution in [0.15, 0.2) is 66.0 Å². The molecule has 0 bridgehead atoms. The van der Waals surface area contributed by atoms with Crippen molar-refractivity contribution in [2.45, 2.75) is 6.42 Å². The zero-order valence-electron chi connectivity index (χ0n) is 12.2. The largest absolute Gasteiger partial charge is 0.477 e. The summed E-state index contributed by atoms with van der Waals surface area (Å²) in [4.78, 5) is 19.7. The summed E-state index contributed by atoms with van der Waals surface area (Å²) in [5.74, 6) is -0.595. The standard InChI is InChI=1S/C17H14N4O2/c22-17(23)15(10-12-6-2-1-3-7-12)20-21-16-13-8-4-5-9-14(13)18-11-19-16/h1-9,11H,10H2,(H,22,23)(H,18,19,21)/b20-15+. The fourth-order valence-corrected chi connectivity index (χ4v) is 2.17. The number of benzene rings is 2. The van der Waals surface area contributed by atoms with E-state index in [4.69, 9.17) is 0 Å². The average molecular weight is 306 g/mol. The molecule has 0 spiro atoms. The molecule has 0 unspecified atom stereocenters. The zero-order valence-corrected chi connectivity index (χ0v) is 12.2. The molecule has 0 fully saturated rings. The summed E-state index contributed by atoms with van der Waals surface area (Å²) in [6.07, 6.45) is 1.64. The van der Waals surface area contributed by atoms with Crippen LogP contribution in [0.5, 0.6) is 0 Å². The lowest BCUT2D eigenvalue weighted by Crippen LogP contribution is -2.18. The Hall–Kier alpha value is -3.28. The number of anilines is 1. The van der Waals surface area contributed by atoms with Crippen LogP contribution in [-0.2, 0) is 11.2 Å². The van der Waals surface area contributed by atoms with E-state index in [1.165, 1.54) is 6.33 Å². The number of para-hydroxylation sites is 1. The molecule has 0 aliphatic rings. The van der Waals surface area contributed by atoms with Gasteiger partial charge in [-0.05, 0) is 17.7 Å². The third-order valence-electron chi connectivity index (χ3n) is 3.30. The molecule has 0 amide bonds. The first-order valence-corrected chi connectivity index (χ1v) is 7.03. The van der Waals surface area contributed by atoms with Gasteiger partial charge in [0.1, 0.15) is 12.0 Å². The molecule has 0 saturated carbocycles. The van der Waals surface area contributed by atoms with Crippen LogP contribution in [0.2, 0.25) is 0 Å². The molecule has 6 heteroatoms. The lowest BCUT2D eigenvalue weighted by molar-refractivity contribution is -0.129. The molecule has 6 nitrogen and oxygen atoms in total. The molecule has 1 heterocycles. The molecule has 2 N–H and O–H groups in total. The van der Waals surface area contributed by atoms with Crippen LogP contribution in [0.1, 0.15) is 5.56 Å². The third kappa shape index (κ3) is 3.49. The minimum absolute atomic E-state index is 0.0129. The molecule has 3 aromatic rings. The number of carboxylic acids is 1. The number of fused-ring (bicyclic) bond motifs is 1. The quantitative estimate of drug-likeness (QED) is 0.559. The molecular weight excluding hydrogens is 292 g/mol. The third-order valence-corrected chi connectivity index (χ3v) is 3.30. The molecule has 1 aromatic heterocycles. The molecule has 0 saturated heterocycles. The molecule has 0 radical (unpaired) electrons. The first-order valence-electron chi connectivity index (χ1n) is 7.03. The first kappa shape index (κ1) is 14.6. The summed E-state index contributed by atoms with van der Waals surface area (Å²) in [6, 6.07) is 16.8. The number of hydrazone groups is 1. The van der Waals surface area contributed by atoms with Crippen molar-refractivity contribution >= 4 is 28.4 Å². The molecule has 23 heavy (non-hydrogen) atoms. The summed E-state index contributed by atoms with van der Waals surface area (Å²) in [7, 11) is 0. The molecule has 0 atom stereocenters. The Morgan fingerprint density at radius 1 is 1.04 bits per heavy atom. The maximum Gasteiger partial charge on any atom is 0.352 e. The highest BCUT2D eigenvalue weighted by molar-refractivity contribution is 6.36. The summed E-state index contributed by atoms with van der Waals surface area (Å²) in [5.41, 5.74) is 4.40. The predicted molar refractivity (Wildman–Crippen MR) is 88.4 cm³/mol. The van der Waals surface area contributed by atoms with Crippen molar-refractivity contribution in [1.29, 1.82) is 0 Å². The van der Waals surface area contributed by atoms with Gasteiger partial charge in [-0.25, -0.2) is 14.8 Å². The van der Waals surface area contributed by atoms with Crippen LogP contribution >= 0.6 is 0 Å². The average Bonchev–Trinajstić information content (AvgIpc) is 2.59. The van der Waals surface area contributed by atoms with Crippen LogP contribution < -0.4 is 5.43 Å². The number of carboxylic acid groups (broad SMARTS) is 1. The molecule has 2 aromatic carbocycles. The fourth-order valence-electron chi connectivity index (χ4n) is 2.17. The molecule has 114 valence electrons. The summed E-state index contributed by atoms with van der Waals surface area (Å²) < 4.78 is 0. The summed E-state index contributed by atoms with van der Waals surface area (Å²) in [6.45, 7) is 0. The topological polar surface area (TPSA) is 87.5 Å². The maximum absolute atomic E-state index is 11.4. The fraction of sp³-hybridized carbons (Fsp3) is 0.0588. The van der Waals surface area contributed by atoms with Gasteiger partial charge in [0, 0.05) is 11.8 Å². The SMILES string of the molecule is O=C(O)/C(Cc1ccccc1)=N/Nc1ncnc2ccccc12. The number of nitrogens with zero attached hydrogens (tertiary/aromatic N) is 3. The van der Waals surface area contributed by atoms with Crippen LogP contribution in [-0.4, -0.2) is 26.8 Å². The smallest absolute Gasteiger partial charge is 0.352 e. The minimum atomic E-state index is -1.07. The second kappa shape index (κ2) is 6.65. The summed E-state index contributed by atoms with van der Waals surface area (Å²) in [5, 5.41) is 14.1. The van der Waals surface area contributed by atoms with E-state index in [0.717, 1.165) is 16.5 Å². The Morgan fingerprint density at radius 2 is 1.78 bits per heavy atom.